The van der Waals surface area contributed by atoms with Gasteiger partial charge in [0.2, 0.25) is 0 Å². The number of benzene rings is 2. The zero-order valence-electron chi connectivity index (χ0n) is 14.6. The third kappa shape index (κ3) is 4.42. The number of phenolic OH excluding ortho intramolecular Hbond substituents is 1. The summed E-state index contributed by atoms with van der Waals surface area (Å²) in [4.78, 5) is 28.7. The largest absolute Gasteiger partial charge is 0.508 e. The first-order valence-corrected chi connectivity index (χ1v) is 8.86. The molecule has 138 valence electrons. The molecule has 1 aromatic heterocycles. The van der Waals surface area contributed by atoms with E-state index in [2.05, 4.69) is 15.6 Å². The van der Waals surface area contributed by atoms with E-state index in [1.54, 1.807) is 55.8 Å². The van der Waals surface area contributed by atoms with Gasteiger partial charge in [0.05, 0.1) is 7.11 Å². The Bertz CT molecular complexity index is 983. The molecule has 0 aliphatic carbocycles. The molecule has 0 saturated heterocycles. The van der Waals surface area contributed by atoms with Gasteiger partial charge >= 0.3 is 0 Å². The number of nitrogens with one attached hydrogen (secondary N) is 2. The van der Waals surface area contributed by atoms with E-state index in [9.17, 15) is 14.7 Å². The minimum absolute atomic E-state index is 0.127. The third-order valence-electron chi connectivity index (χ3n) is 3.77. The van der Waals surface area contributed by atoms with E-state index in [0.717, 1.165) is 16.9 Å². The van der Waals surface area contributed by atoms with Crippen molar-refractivity contribution < 1.29 is 19.4 Å². The predicted octanol–water partition coefficient (Wildman–Crippen LogP) is 3.67. The van der Waals surface area contributed by atoms with Crippen LogP contribution in [0.5, 0.6) is 11.5 Å². The van der Waals surface area contributed by atoms with Crippen molar-refractivity contribution in [2.45, 2.75) is 6.92 Å². The smallest absolute Gasteiger partial charge is 0.275 e. The topological polar surface area (TPSA) is 101 Å². The molecule has 0 radical (unpaired) electrons. The molecule has 0 aliphatic rings. The van der Waals surface area contributed by atoms with Gasteiger partial charge in [-0.05, 0) is 55.0 Å². The highest BCUT2D eigenvalue weighted by atomic mass is 32.1. The first-order chi connectivity index (χ1) is 13.0. The summed E-state index contributed by atoms with van der Waals surface area (Å²) in [6.45, 7) is 1.77. The van der Waals surface area contributed by atoms with Crippen molar-refractivity contribution >= 4 is 34.0 Å². The van der Waals surface area contributed by atoms with Crippen molar-refractivity contribution in [2.75, 3.05) is 17.7 Å². The van der Waals surface area contributed by atoms with Crippen LogP contribution in [-0.4, -0.2) is 29.0 Å². The Morgan fingerprint density at radius 2 is 1.81 bits per heavy atom. The standard InChI is InChI=1S/C19H17N3O4S/c1-11-9-13(23)5-8-15(11)20-18(25)16-10-27-19(21-16)22-17(24)12-3-6-14(26-2)7-4-12/h3-10,23H,1-2H3,(H,20,25)(H,21,22,24). The highest BCUT2D eigenvalue weighted by Crippen LogP contribution is 2.22. The number of thiazole rings is 1. The third-order valence-corrected chi connectivity index (χ3v) is 4.53. The molecular weight excluding hydrogens is 366 g/mol. The second-order valence-corrected chi connectivity index (χ2v) is 6.53. The quantitative estimate of drug-likeness (QED) is 0.584. The number of nitrogens with zero attached hydrogens (tertiary/aromatic N) is 1. The minimum atomic E-state index is -0.398. The van der Waals surface area contributed by atoms with Gasteiger partial charge in [-0.1, -0.05) is 0 Å². The Morgan fingerprint density at radius 1 is 1.07 bits per heavy atom. The molecule has 2 aromatic carbocycles. The molecule has 0 saturated carbocycles. The lowest BCUT2D eigenvalue weighted by Crippen LogP contribution is -2.14. The maximum absolute atomic E-state index is 12.3. The predicted molar refractivity (Wildman–Crippen MR) is 104 cm³/mol. The molecule has 2 amide bonds. The average molecular weight is 383 g/mol. The van der Waals surface area contributed by atoms with Crippen molar-refractivity contribution in [2.24, 2.45) is 0 Å². The van der Waals surface area contributed by atoms with Crippen molar-refractivity contribution in [3.63, 3.8) is 0 Å². The molecule has 8 heteroatoms. The Balaban J connectivity index is 1.66. The van der Waals surface area contributed by atoms with Gasteiger partial charge in [0, 0.05) is 16.6 Å². The fourth-order valence-electron chi connectivity index (χ4n) is 2.32. The van der Waals surface area contributed by atoms with Gasteiger partial charge in [-0.25, -0.2) is 4.98 Å². The van der Waals surface area contributed by atoms with E-state index in [1.807, 2.05) is 0 Å². The fourth-order valence-corrected chi connectivity index (χ4v) is 3.01. The summed E-state index contributed by atoms with van der Waals surface area (Å²) >= 11 is 1.16. The number of aromatic nitrogens is 1. The zero-order chi connectivity index (χ0) is 19.4. The molecule has 0 atom stereocenters. The molecule has 0 aliphatic heterocycles. The summed E-state index contributed by atoms with van der Waals surface area (Å²) in [7, 11) is 1.55. The summed E-state index contributed by atoms with van der Waals surface area (Å²) < 4.78 is 5.06. The molecule has 1 heterocycles. The normalized spacial score (nSPS) is 10.3. The van der Waals surface area contributed by atoms with E-state index in [-0.39, 0.29) is 17.4 Å². The van der Waals surface area contributed by atoms with Crippen LogP contribution in [-0.2, 0) is 0 Å². The van der Waals surface area contributed by atoms with E-state index in [1.165, 1.54) is 6.07 Å². The number of carbonyl (C=O) groups excluding carboxylic acids is 2. The van der Waals surface area contributed by atoms with E-state index in [0.29, 0.717) is 22.1 Å². The molecule has 3 rings (SSSR count). The summed E-state index contributed by atoms with van der Waals surface area (Å²) in [5.41, 5.74) is 1.95. The number of anilines is 2. The lowest BCUT2D eigenvalue weighted by atomic mass is 10.2. The maximum Gasteiger partial charge on any atom is 0.275 e. The summed E-state index contributed by atoms with van der Waals surface area (Å²) in [5, 5.41) is 16.7. The van der Waals surface area contributed by atoms with Gasteiger partial charge in [-0.3, -0.25) is 14.9 Å². The number of amides is 2. The average Bonchev–Trinajstić information content (AvgIpc) is 3.12. The fraction of sp³-hybridized carbons (Fsp3) is 0.105. The second kappa shape index (κ2) is 7.88. The van der Waals surface area contributed by atoms with Crippen molar-refractivity contribution in [1.82, 2.24) is 4.98 Å². The molecule has 3 aromatic rings. The first-order valence-electron chi connectivity index (χ1n) is 7.98. The van der Waals surface area contributed by atoms with Crippen LogP contribution in [0.15, 0.2) is 47.8 Å². The summed E-state index contributed by atoms with van der Waals surface area (Å²) in [6.07, 6.45) is 0. The first kappa shape index (κ1) is 18.4. The molecular formula is C19H17N3O4S. The number of phenols is 1. The number of ether oxygens (including phenoxy) is 1. The molecule has 3 N–H and O–H groups in total. The molecule has 0 spiro atoms. The van der Waals surface area contributed by atoms with Crippen LogP contribution in [0.2, 0.25) is 0 Å². The van der Waals surface area contributed by atoms with Gasteiger partial charge in [-0.15, -0.1) is 11.3 Å². The number of aromatic hydroxyl groups is 1. The van der Waals surface area contributed by atoms with Gasteiger partial charge < -0.3 is 15.2 Å². The van der Waals surface area contributed by atoms with Crippen LogP contribution >= 0.6 is 11.3 Å². The highest BCUT2D eigenvalue weighted by Gasteiger charge is 2.14. The van der Waals surface area contributed by atoms with Crippen LogP contribution in [0, 0.1) is 6.92 Å². The van der Waals surface area contributed by atoms with Gasteiger partial charge in [0.25, 0.3) is 11.8 Å². The van der Waals surface area contributed by atoms with Crippen molar-refractivity contribution in [3.8, 4) is 11.5 Å². The van der Waals surface area contributed by atoms with Gasteiger partial charge in [-0.2, -0.15) is 0 Å². The van der Waals surface area contributed by atoms with Crippen molar-refractivity contribution in [3.05, 3.63) is 64.7 Å². The molecule has 0 unspecified atom stereocenters. The summed E-state index contributed by atoms with van der Waals surface area (Å²) in [6, 6.07) is 11.3. The Labute approximate surface area is 159 Å². The molecule has 27 heavy (non-hydrogen) atoms. The van der Waals surface area contributed by atoms with E-state index < -0.39 is 5.91 Å². The van der Waals surface area contributed by atoms with Crippen LogP contribution < -0.4 is 15.4 Å². The summed E-state index contributed by atoms with van der Waals surface area (Å²) in [5.74, 6) is 0.0605. The Hall–Kier alpha value is -3.39. The minimum Gasteiger partial charge on any atom is -0.508 e. The molecule has 7 nitrogen and oxygen atoms in total. The van der Waals surface area contributed by atoms with Crippen LogP contribution in [0.25, 0.3) is 0 Å². The van der Waals surface area contributed by atoms with Gasteiger partial charge in [0.15, 0.2) is 5.13 Å². The van der Waals surface area contributed by atoms with Crippen LogP contribution in [0.1, 0.15) is 26.4 Å². The van der Waals surface area contributed by atoms with Crippen molar-refractivity contribution in [1.29, 1.82) is 0 Å². The van der Waals surface area contributed by atoms with E-state index >= 15 is 0 Å². The number of hydrogen-bond donors (Lipinski definition) is 3. The monoisotopic (exact) mass is 383 g/mol. The zero-order valence-corrected chi connectivity index (χ0v) is 15.5. The lowest BCUT2D eigenvalue weighted by Gasteiger charge is -2.07. The number of methoxy groups -OCH3 is 1. The van der Waals surface area contributed by atoms with Gasteiger partial charge in [0.1, 0.15) is 17.2 Å². The molecule has 0 fully saturated rings. The maximum atomic E-state index is 12.3. The second-order valence-electron chi connectivity index (χ2n) is 5.67. The number of carbonyl (C=O) groups is 2. The SMILES string of the molecule is COc1ccc(C(=O)Nc2nc(C(=O)Nc3ccc(O)cc3C)cs2)cc1. The van der Waals surface area contributed by atoms with Crippen LogP contribution in [0.3, 0.4) is 0 Å². The van der Waals surface area contributed by atoms with Crippen LogP contribution in [0.4, 0.5) is 10.8 Å². The number of rotatable bonds is 5. The number of aryl methyl sites for hydroxylation is 1. The Morgan fingerprint density at radius 3 is 2.48 bits per heavy atom. The lowest BCUT2D eigenvalue weighted by molar-refractivity contribution is 0.101. The number of hydrogen-bond acceptors (Lipinski definition) is 6. The Kier molecular flexibility index (Phi) is 5.37. The highest BCUT2D eigenvalue weighted by molar-refractivity contribution is 7.14. The van der Waals surface area contributed by atoms with E-state index in [4.69, 9.17) is 4.74 Å². The molecule has 0 bridgehead atoms.